The zero-order chi connectivity index (χ0) is 17.8. The van der Waals surface area contributed by atoms with Crippen molar-refractivity contribution in [2.75, 3.05) is 6.54 Å². The summed E-state index contributed by atoms with van der Waals surface area (Å²) in [5.74, 6) is -0.321. The van der Waals surface area contributed by atoms with E-state index in [1.54, 1.807) is 23.5 Å². The Morgan fingerprint density at radius 1 is 1.40 bits per heavy atom. The van der Waals surface area contributed by atoms with Crippen molar-refractivity contribution in [1.29, 1.82) is 0 Å². The number of nitrogens with zero attached hydrogens (tertiary/aromatic N) is 2. The minimum atomic E-state index is -0.520. The van der Waals surface area contributed by atoms with Gasteiger partial charge in [0.25, 0.3) is 5.91 Å². The van der Waals surface area contributed by atoms with Crippen molar-refractivity contribution in [3.05, 3.63) is 50.9 Å². The van der Waals surface area contributed by atoms with Gasteiger partial charge in [0.2, 0.25) is 5.91 Å². The monoisotopic (exact) mass is 377 g/mol. The highest BCUT2D eigenvalue weighted by Crippen LogP contribution is 2.24. The number of carbonyl (C=O) groups is 2. The fourth-order valence-electron chi connectivity index (χ4n) is 2.95. The van der Waals surface area contributed by atoms with Gasteiger partial charge in [0, 0.05) is 24.2 Å². The molecule has 7 heteroatoms. The van der Waals surface area contributed by atoms with Crippen molar-refractivity contribution in [3.8, 4) is 0 Å². The predicted octanol–water partition coefficient (Wildman–Crippen LogP) is 3.28. The Hall–Kier alpha value is -1.92. The molecule has 0 bridgehead atoms. The number of amides is 2. The van der Waals surface area contributed by atoms with E-state index in [4.69, 9.17) is 11.6 Å². The van der Waals surface area contributed by atoms with Crippen LogP contribution in [-0.2, 0) is 17.8 Å². The second kappa shape index (κ2) is 7.97. The summed E-state index contributed by atoms with van der Waals surface area (Å²) in [7, 11) is 0. The van der Waals surface area contributed by atoms with Crippen molar-refractivity contribution in [3.63, 3.8) is 0 Å². The number of nitrogens with one attached hydrogen (secondary N) is 1. The number of pyridine rings is 1. The molecule has 0 spiro atoms. The molecular formula is C18H20ClN3O2S. The quantitative estimate of drug-likeness (QED) is 0.813. The van der Waals surface area contributed by atoms with E-state index in [9.17, 15) is 9.59 Å². The van der Waals surface area contributed by atoms with E-state index in [1.165, 1.54) is 16.6 Å². The SMILES string of the molecule is CCC[C@@H](NC(=O)c1ccc(Cl)nc1)C(=O)N1CCc2sccc2C1. The number of aromatic nitrogens is 1. The summed E-state index contributed by atoms with van der Waals surface area (Å²) in [4.78, 5) is 32.5. The molecule has 3 heterocycles. The maximum atomic E-state index is 12.9. The Kier molecular flexibility index (Phi) is 5.71. The van der Waals surface area contributed by atoms with Gasteiger partial charge in [-0.2, -0.15) is 0 Å². The number of halogens is 1. The molecule has 1 N–H and O–H groups in total. The highest BCUT2D eigenvalue weighted by molar-refractivity contribution is 7.10. The number of thiophene rings is 1. The Balaban J connectivity index is 1.69. The van der Waals surface area contributed by atoms with E-state index < -0.39 is 6.04 Å². The van der Waals surface area contributed by atoms with Gasteiger partial charge in [-0.05, 0) is 42.0 Å². The topological polar surface area (TPSA) is 62.3 Å². The first-order valence-electron chi connectivity index (χ1n) is 8.35. The highest BCUT2D eigenvalue weighted by atomic mass is 35.5. The largest absolute Gasteiger partial charge is 0.340 e. The molecule has 0 unspecified atom stereocenters. The molecule has 1 atom stereocenters. The van der Waals surface area contributed by atoms with Crippen molar-refractivity contribution in [2.45, 2.75) is 38.8 Å². The summed E-state index contributed by atoms with van der Waals surface area (Å²) in [6, 6.07) is 4.73. The van der Waals surface area contributed by atoms with Crippen LogP contribution in [0.15, 0.2) is 29.8 Å². The Labute approximate surface area is 156 Å². The van der Waals surface area contributed by atoms with E-state index in [2.05, 4.69) is 21.7 Å². The van der Waals surface area contributed by atoms with Gasteiger partial charge in [-0.3, -0.25) is 9.59 Å². The van der Waals surface area contributed by atoms with Crippen LogP contribution in [0.3, 0.4) is 0 Å². The number of fused-ring (bicyclic) bond motifs is 1. The van der Waals surface area contributed by atoms with Crippen LogP contribution < -0.4 is 5.32 Å². The van der Waals surface area contributed by atoms with Crippen LogP contribution in [0.4, 0.5) is 0 Å². The predicted molar refractivity (Wildman–Crippen MR) is 98.8 cm³/mol. The third-order valence-corrected chi connectivity index (χ3v) is 5.54. The van der Waals surface area contributed by atoms with Crippen LogP contribution in [-0.4, -0.2) is 34.3 Å². The van der Waals surface area contributed by atoms with Gasteiger partial charge in [-0.25, -0.2) is 4.98 Å². The molecule has 0 aliphatic carbocycles. The summed E-state index contributed by atoms with van der Waals surface area (Å²) >= 11 is 7.49. The zero-order valence-corrected chi connectivity index (χ0v) is 15.6. The lowest BCUT2D eigenvalue weighted by atomic mass is 10.1. The first kappa shape index (κ1) is 17.9. The minimum absolute atomic E-state index is 0.0195. The highest BCUT2D eigenvalue weighted by Gasteiger charge is 2.28. The molecule has 1 aliphatic rings. The number of hydrogen-bond donors (Lipinski definition) is 1. The van der Waals surface area contributed by atoms with Crippen LogP contribution in [0.1, 0.15) is 40.6 Å². The molecule has 2 amide bonds. The standard InChI is InChI=1S/C18H20ClN3O2S/c1-2-3-14(21-17(23)12-4-5-16(19)20-10-12)18(24)22-8-6-15-13(11-22)7-9-25-15/h4-5,7,9-10,14H,2-3,6,8,11H2,1H3,(H,21,23)/t14-/m1/s1. The number of hydrogen-bond acceptors (Lipinski definition) is 4. The number of rotatable bonds is 5. The minimum Gasteiger partial charge on any atom is -0.340 e. The molecule has 0 aromatic carbocycles. The molecule has 132 valence electrons. The summed E-state index contributed by atoms with van der Waals surface area (Å²) in [6.07, 6.45) is 3.72. The third kappa shape index (κ3) is 4.19. The summed E-state index contributed by atoms with van der Waals surface area (Å²) in [5.41, 5.74) is 1.62. The smallest absolute Gasteiger partial charge is 0.253 e. The number of carbonyl (C=O) groups excluding carboxylic acids is 2. The van der Waals surface area contributed by atoms with E-state index >= 15 is 0 Å². The van der Waals surface area contributed by atoms with Crippen molar-refractivity contribution in [1.82, 2.24) is 15.2 Å². The average Bonchev–Trinajstić information content (AvgIpc) is 3.09. The first-order valence-corrected chi connectivity index (χ1v) is 9.60. The lowest BCUT2D eigenvalue weighted by Gasteiger charge is -2.30. The molecular weight excluding hydrogens is 358 g/mol. The summed E-state index contributed by atoms with van der Waals surface area (Å²) < 4.78 is 0. The molecule has 0 saturated carbocycles. The van der Waals surface area contributed by atoms with Crippen LogP contribution in [0, 0.1) is 0 Å². The lowest BCUT2D eigenvalue weighted by molar-refractivity contribution is -0.134. The molecule has 0 fully saturated rings. The van der Waals surface area contributed by atoms with E-state index in [-0.39, 0.29) is 11.8 Å². The summed E-state index contributed by atoms with van der Waals surface area (Å²) in [5, 5.41) is 5.26. The van der Waals surface area contributed by atoms with Gasteiger partial charge in [0.15, 0.2) is 0 Å². The van der Waals surface area contributed by atoms with Crippen LogP contribution in [0.2, 0.25) is 5.15 Å². The molecule has 1 aliphatic heterocycles. The lowest BCUT2D eigenvalue weighted by Crippen LogP contribution is -2.49. The molecule has 0 radical (unpaired) electrons. The average molecular weight is 378 g/mol. The summed E-state index contributed by atoms with van der Waals surface area (Å²) in [6.45, 7) is 3.32. The van der Waals surface area contributed by atoms with Gasteiger partial charge in [0.05, 0.1) is 5.56 Å². The van der Waals surface area contributed by atoms with Crippen LogP contribution in [0.5, 0.6) is 0 Å². The zero-order valence-electron chi connectivity index (χ0n) is 14.0. The molecule has 2 aromatic rings. The van der Waals surface area contributed by atoms with Crippen molar-refractivity contribution >= 4 is 34.8 Å². The fraction of sp³-hybridized carbons (Fsp3) is 0.389. The molecule has 0 saturated heterocycles. The Morgan fingerprint density at radius 3 is 2.96 bits per heavy atom. The van der Waals surface area contributed by atoms with Crippen molar-refractivity contribution in [2.24, 2.45) is 0 Å². The third-order valence-electron chi connectivity index (χ3n) is 4.29. The van der Waals surface area contributed by atoms with Crippen LogP contribution >= 0.6 is 22.9 Å². The van der Waals surface area contributed by atoms with Gasteiger partial charge in [0.1, 0.15) is 11.2 Å². The normalized spacial score (nSPS) is 14.7. The molecule has 5 nitrogen and oxygen atoms in total. The molecule has 25 heavy (non-hydrogen) atoms. The van der Waals surface area contributed by atoms with E-state index in [0.29, 0.717) is 30.2 Å². The van der Waals surface area contributed by atoms with Gasteiger partial charge >= 0.3 is 0 Å². The Bertz CT molecular complexity index is 760. The fourth-order valence-corrected chi connectivity index (χ4v) is 3.96. The molecule has 3 rings (SSSR count). The van der Waals surface area contributed by atoms with Gasteiger partial charge < -0.3 is 10.2 Å². The maximum absolute atomic E-state index is 12.9. The maximum Gasteiger partial charge on any atom is 0.253 e. The second-order valence-electron chi connectivity index (χ2n) is 6.06. The first-order chi connectivity index (χ1) is 12.1. The second-order valence-corrected chi connectivity index (χ2v) is 7.45. The van der Waals surface area contributed by atoms with E-state index in [1.807, 2.05) is 11.8 Å². The molecule has 2 aromatic heterocycles. The van der Waals surface area contributed by atoms with Crippen LogP contribution in [0.25, 0.3) is 0 Å². The van der Waals surface area contributed by atoms with Crippen molar-refractivity contribution < 1.29 is 9.59 Å². The van der Waals surface area contributed by atoms with E-state index in [0.717, 1.165) is 12.8 Å². The van der Waals surface area contributed by atoms with Gasteiger partial charge in [-0.15, -0.1) is 11.3 Å². The van der Waals surface area contributed by atoms with Gasteiger partial charge in [-0.1, -0.05) is 24.9 Å². The Morgan fingerprint density at radius 2 is 2.24 bits per heavy atom.